The molecule has 0 atom stereocenters. The number of hydrogen-bond donors (Lipinski definition) is 1. The molecule has 1 aromatic carbocycles. The van der Waals surface area contributed by atoms with Crippen molar-refractivity contribution < 1.29 is 9.53 Å². The molecule has 1 amide bonds. The molecule has 0 aliphatic carbocycles. The number of aromatic nitrogens is 1. The van der Waals surface area contributed by atoms with E-state index in [1.807, 2.05) is 6.07 Å². The third-order valence-corrected chi connectivity index (χ3v) is 4.61. The monoisotopic (exact) mass is 339 g/mol. The van der Waals surface area contributed by atoms with E-state index in [-0.39, 0.29) is 5.91 Å². The smallest absolute Gasteiger partial charge is 0.253 e. The summed E-state index contributed by atoms with van der Waals surface area (Å²) in [4.78, 5) is 18.9. The van der Waals surface area contributed by atoms with E-state index in [4.69, 9.17) is 4.74 Å². The van der Waals surface area contributed by atoms with Gasteiger partial charge in [-0.05, 0) is 43.1 Å². The van der Waals surface area contributed by atoms with Gasteiger partial charge in [-0.15, -0.1) is 0 Å². The topological polar surface area (TPSA) is 54.5 Å². The molecule has 0 bridgehead atoms. The molecular formula is C20H25N3O2. The summed E-state index contributed by atoms with van der Waals surface area (Å²) in [6, 6.07) is 11.8. The number of carbonyl (C=O) groups excluding carboxylic acids is 1. The summed E-state index contributed by atoms with van der Waals surface area (Å²) >= 11 is 0. The summed E-state index contributed by atoms with van der Waals surface area (Å²) in [6.45, 7) is 3.81. The fraction of sp³-hybridized carbons (Fsp3) is 0.400. The van der Waals surface area contributed by atoms with Gasteiger partial charge in [0.2, 0.25) is 5.88 Å². The molecule has 0 unspecified atom stereocenters. The first kappa shape index (κ1) is 17.4. The van der Waals surface area contributed by atoms with Crippen molar-refractivity contribution in [2.24, 2.45) is 0 Å². The number of pyridine rings is 1. The van der Waals surface area contributed by atoms with Crippen LogP contribution < -0.4 is 10.1 Å². The van der Waals surface area contributed by atoms with Crippen molar-refractivity contribution in [1.29, 1.82) is 0 Å². The molecule has 3 rings (SSSR count). The Balaban J connectivity index is 1.61. The third kappa shape index (κ3) is 4.79. The largest absolute Gasteiger partial charge is 0.481 e. The van der Waals surface area contributed by atoms with Crippen LogP contribution in [0.5, 0.6) is 5.88 Å². The van der Waals surface area contributed by atoms with Gasteiger partial charge in [0.1, 0.15) is 0 Å². The van der Waals surface area contributed by atoms with Crippen LogP contribution in [0.25, 0.3) is 0 Å². The normalized spacial score (nSPS) is 14.9. The summed E-state index contributed by atoms with van der Waals surface area (Å²) in [6.07, 6.45) is 5.44. The van der Waals surface area contributed by atoms with Crippen LogP contribution in [0, 0.1) is 0 Å². The quantitative estimate of drug-likeness (QED) is 0.879. The molecular weight excluding hydrogens is 314 g/mol. The minimum Gasteiger partial charge on any atom is -0.481 e. The highest BCUT2D eigenvalue weighted by Gasteiger charge is 2.13. The Bertz CT molecular complexity index is 694. The Hall–Kier alpha value is -2.40. The summed E-state index contributed by atoms with van der Waals surface area (Å²) in [5.74, 6) is 0.381. The van der Waals surface area contributed by atoms with Gasteiger partial charge in [-0.3, -0.25) is 9.69 Å². The molecule has 1 saturated heterocycles. The Kier molecular flexibility index (Phi) is 6.01. The number of nitrogens with zero attached hydrogens (tertiary/aromatic N) is 2. The van der Waals surface area contributed by atoms with Gasteiger partial charge < -0.3 is 10.1 Å². The molecule has 2 aromatic rings. The summed E-state index contributed by atoms with van der Waals surface area (Å²) < 4.78 is 5.02. The summed E-state index contributed by atoms with van der Waals surface area (Å²) in [7, 11) is 1.56. The second-order valence-corrected chi connectivity index (χ2v) is 6.38. The highest BCUT2D eigenvalue weighted by molar-refractivity contribution is 5.93. The van der Waals surface area contributed by atoms with Gasteiger partial charge in [-0.25, -0.2) is 4.98 Å². The van der Waals surface area contributed by atoms with E-state index in [9.17, 15) is 4.79 Å². The zero-order valence-corrected chi connectivity index (χ0v) is 14.7. The highest BCUT2D eigenvalue weighted by Crippen LogP contribution is 2.16. The first-order chi connectivity index (χ1) is 12.3. The third-order valence-electron chi connectivity index (χ3n) is 4.61. The van der Waals surface area contributed by atoms with Crippen molar-refractivity contribution in [2.45, 2.75) is 32.4 Å². The minimum atomic E-state index is -0.122. The Morgan fingerprint density at radius 2 is 1.88 bits per heavy atom. The molecule has 2 heterocycles. The number of benzene rings is 1. The Morgan fingerprint density at radius 1 is 1.12 bits per heavy atom. The molecule has 1 aliphatic rings. The number of nitrogens with one attached hydrogen (secondary N) is 1. The molecule has 0 saturated carbocycles. The molecule has 1 N–H and O–H groups in total. The molecule has 1 fully saturated rings. The van der Waals surface area contributed by atoms with Crippen LogP contribution >= 0.6 is 0 Å². The van der Waals surface area contributed by atoms with Gasteiger partial charge in [-0.1, -0.05) is 30.7 Å². The number of rotatable bonds is 6. The maximum absolute atomic E-state index is 12.3. The number of methoxy groups -OCH3 is 1. The van der Waals surface area contributed by atoms with Gasteiger partial charge in [-0.2, -0.15) is 0 Å². The molecule has 132 valence electrons. The van der Waals surface area contributed by atoms with Gasteiger partial charge in [0, 0.05) is 25.4 Å². The number of hydrogen-bond acceptors (Lipinski definition) is 4. The van der Waals surface area contributed by atoms with Crippen LogP contribution in [0.4, 0.5) is 0 Å². The second kappa shape index (κ2) is 8.62. The fourth-order valence-corrected chi connectivity index (χ4v) is 3.16. The van der Waals surface area contributed by atoms with Crippen molar-refractivity contribution >= 4 is 5.91 Å². The average Bonchev–Trinajstić information content (AvgIpc) is 2.68. The van der Waals surface area contributed by atoms with Crippen LogP contribution in [-0.2, 0) is 13.1 Å². The van der Waals surface area contributed by atoms with Crippen molar-refractivity contribution in [1.82, 2.24) is 15.2 Å². The number of carbonyl (C=O) groups is 1. The maximum atomic E-state index is 12.3. The van der Waals surface area contributed by atoms with Gasteiger partial charge in [0.05, 0.1) is 12.7 Å². The number of ether oxygens (including phenoxy) is 1. The molecule has 1 aromatic heterocycles. The first-order valence-corrected chi connectivity index (χ1v) is 8.83. The molecule has 0 spiro atoms. The van der Waals surface area contributed by atoms with E-state index in [1.165, 1.54) is 36.6 Å². The zero-order chi connectivity index (χ0) is 17.5. The molecule has 5 nitrogen and oxygen atoms in total. The van der Waals surface area contributed by atoms with Crippen molar-refractivity contribution in [3.05, 3.63) is 59.3 Å². The highest BCUT2D eigenvalue weighted by atomic mass is 16.5. The zero-order valence-electron chi connectivity index (χ0n) is 14.7. The minimum absolute atomic E-state index is 0.122. The van der Waals surface area contributed by atoms with Crippen LogP contribution in [0.2, 0.25) is 0 Å². The van der Waals surface area contributed by atoms with Crippen molar-refractivity contribution in [3.63, 3.8) is 0 Å². The lowest BCUT2D eigenvalue weighted by Gasteiger charge is -2.27. The lowest BCUT2D eigenvalue weighted by atomic mass is 10.0. The lowest BCUT2D eigenvalue weighted by Crippen LogP contribution is -2.30. The van der Waals surface area contributed by atoms with Gasteiger partial charge >= 0.3 is 0 Å². The van der Waals surface area contributed by atoms with Gasteiger partial charge in [0.15, 0.2) is 0 Å². The van der Waals surface area contributed by atoms with E-state index < -0.39 is 0 Å². The van der Waals surface area contributed by atoms with Crippen LogP contribution in [-0.4, -0.2) is 36.0 Å². The SMILES string of the molecule is COc1ccc(C(=O)NCc2ccccc2CN2CCCCC2)cn1. The van der Waals surface area contributed by atoms with Crippen LogP contribution in [0.3, 0.4) is 0 Å². The van der Waals surface area contributed by atoms with Crippen LogP contribution in [0.1, 0.15) is 40.7 Å². The number of piperidine rings is 1. The van der Waals surface area contributed by atoms with E-state index in [0.717, 1.165) is 19.6 Å². The maximum Gasteiger partial charge on any atom is 0.253 e. The van der Waals surface area contributed by atoms with Crippen molar-refractivity contribution in [3.8, 4) is 5.88 Å². The standard InChI is InChI=1S/C20H25N3O2/c1-25-19-10-9-17(14-21-19)20(24)22-13-16-7-3-4-8-18(16)15-23-11-5-2-6-12-23/h3-4,7-10,14H,2,5-6,11-13,15H2,1H3,(H,22,24). The summed E-state index contributed by atoms with van der Waals surface area (Å²) in [5, 5.41) is 2.99. The van der Waals surface area contributed by atoms with Crippen LogP contribution in [0.15, 0.2) is 42.6 Å². The van der Waals surface area contributed by atoms with E-state index in [2.05, 4.69) is 33.4 Å². The predicted octanol–water partition coefficient (Wildman–Crippen LogP) is 3.01. The molecule has 1 aliphatic heterocycles. The fourth-order valence-electron chi connectivity index (χ4n) is 3.16. The Labute approximate surface area is 149 Å². The Morgan fingerprint density at radius 3 is 2.56 bits per heavy atom. The molecule has 0 radical (unpaired) electrons. The predicted molar refractivity (Wildman–Crippen MR) is 97.5 cm³/mol. The lowest BCUT2D eigenvalue weighted by molar-refractivity contribution is 0.0950. The van der Waals surface area contributed by atoms with E-state index in [0.29, 0.717) is 18.0 Å². The first-order valence-electron chi connectivity index (χ1n) is 8.83. The van der Waals surface area contributed by atoms with E-state index >= 15 is 0 Å². The average molecular weight is 339 g/mol. The van der Waals surface area contributed by atoms with E-state index in [1.54, 1.807) is 19.2 Å². The van der Waals surface area contributed by atoms with Crippen molar-refractivity contribution in [2.75, 3.05) is 20.2 Å². The molecule has 5 heteroatoms. The number of likely N-dealkylation sites (tertiary alicyclic amines) is 1. The van der Waals surface area contributed by atoms with Gasteiger partial charge in [0.25, 0.3) is 5.91 Å². The second-order valence-electron chi connectivity index (χ2n) is 6.38. The molecule has 25 heavy (non-hydrogen) atoms. The summed E-state index contributed by atoms with van der Waals surface area (Å²) in [5.41, 5.74) is 3.00. The number of amides is 1.